The van der Waals surface area contributed by atoms with Crippen LogP contribution in [0.1, 0.15) is 49.7 Å². The fraction of sp³-hybridized carbons (Fsp3) is 0.533. The van der Waals surface area contributed by atoms with E-state index in [0.717, 1.165) is 6.42 Å². The van der Waals surface area contributed by atoms with Crippen molar-refractivity contribution in [1.82, 2.24) is 0 Å². The highest BCUT2D eigenvalue weighted by molar-refractivity contribution is 5.81. The molecule has 3 rings (SSSR count). The first-order valence-corrected chi connectivity index (χ1v) is 6.33. The van der Waals surface area contributed by atoms with E-state index < -0.39 is 0 Å². The molecule has 4 atom stereocenters. The highest BCUT2D eigenvalue weighted by Gasteiger charge is 2.51. The van der Waals surface area contributed by atoms with Gasteiger partial charge >= 0.3 is 0 Å². The van der Waals surface area contributed by atoms with Crippen LogP contribution in [0, 0.1) is 11.8 Å². The molecule has 0 aliphatic heterocycles. The van der Waals surface area contributed by atoms with Gasteiger partial charge in [0.25, 0.3) is 0 Å². The molecule has 0 aromatic heterocycles. The molecule has 1 nitrogen and oxygen atoms in total. The van der Waals surface area contributed by atoms with Crippen molar-refractivity contribution in [2.75, 3.05) is 0 Å². The van der Waals surface area contributed by atoms with Crippen LogP contribution in [0.15, 0.2) is 24.3 Å². The van der Waals surface area contributed by atoms with Crippen molar-refractivity contribution in [2.45, 2.75) is 38.5 Å². The Morgan fingerprint density at radius 2 is 2.00 bits per heavy atom. The number of Topliss-reactive ketones (excluding diaryl/α,β-unsaturated/α-hetero) is 1. The van der Waals surface area contributed by atoms with E-state index in [4.69, 9.17) is 0 Å². The fourth-order valence-corrected chi connectivity index (χ4v) is 4.06. The molecule has 0 heterocycles. The van der Waals surface area contributed by atoms with Gasteiger partial charge in [0.2, 0.25) is 0 Å². The number of fused-ring (bicyclic) bond motifs is 5. The molecule has 2 aliphatic carbocycles. The predicted molar refractivity (Wildman–Crippen MR) is 64.5 cm³/mol. The van der Waals surface area contributed by atoms with Gasteiger partial charge in [-0.1, -0.05) is 37.6 Å². The van der Waals surface area contributed by atoms with Gasteiger partial charge < -0.3 is 0 Å². The van der Waals surface area contributed by atoms with Crippen molar-refractivity contribution < 1.29 is 4.79 Å². The summed E-state index contributed by atoms with van der Waals surface area (Å²) in [5.74, 6) is 2.57. The summed E-state index contributed by atoms with van der Waals surface area (Å²) >= 11 is 0. The van der Waals surface area contributed by atoms with Crippen molar-refractivity contribution in [3.8, 4) is 0 Å². The fourth-order valence-electron chi connectivity index (χ4n) is 4.06. The molecule has 0 spiro atoms. The lowest BCUT2D eigenvalue weighted by Gasteiger charge is -2.22. The number of ketones is 1. The molecule has 0 amide bonds. The molecule has 0 saturated heterocycles. The quantitative estimate of drug-likeness (QED) is 0.736. The molecule has 1 heteroatoms. The smallest absolute Gasteiger partial charge is 0.133 e. The second kappa shape index (κ2) is 3.44. The first kappa shape index (κ1) is 10.1. The van der Waals surface area contributed by atoms with Crippen LogP contribution < -0.4 is 0 Å². The van der Waals surface area contributed by atoms with E-state index in [9.17, 15) is 4.79 Å². The van der Waals surface area contributed by atoms with Crippen molar-refractivity contribution in [3.05, 3.63) is 35.4 Å². The Morgan fingerprint density at radius 1 is 1.31 bits per heavy atom. The summed E-state index contributed by atoms with van der Waals surface area (Å²) in [4.78, 5) is 11.7. The molecular weight excluding hydrogens is 196 g/mol. The van der Waals surface area contributed by atoms with Gasteiger partial charge in [0.15, 0.2) is 0 Å². The van der Waals surface area contributed by atoms with Gasteiger partial charge in [0.05, 0.1) is 0 Å². The molecule has 0 N–H and O–H groups in total. The lowest BCUT2D eigenvalue weighted by molar-refractivity contribution is -0.121. The monoisotopic (exact) mass is 214 g/mol. The van der Waals surface area contributed by atoms with Gasteiger partial charge in [0, 0.05) is 5.92 Å². The SMILES string of the molecule is CCC1C2CC(C(C)=O)C1c1ccccc12. The zero-order valence-corrected chi connectivity index (χ0v) is 9.94. The van der Waals surface area contributed by atoms with Crippen molar-refractivity contribution in [2.24, 2.45) is 11.8 Å². The first-order chi connectivity index (χ1) is 7.74. The van der Waals surface area contributed by atoms with E-state index in [-0.39, 0.29) is 0 Å². The Balaban J connectivity index is 2.09. The van der Waals surface area contributed by atoms with E-state index in [0.29, 0.717) is 29.5 Å². The number of carbonyl (C=O) groups excluding carboxylic acids is 1. The van der Waals surface area contributed by atoms with Gasteiger partial charge in [-0.05, 0) is 42.2 Å². The largest absolute Gasteiger partial charge is 0.300 e. The van der Waals surface area contributed by atoms with Gasteiger partial charge in [-0.2, -0.15) is 0 Å². The number of rotatable bonds is 2. The molecule has 1 aromatic carbocycles. The highest BCUT2D eigenvalue weighted by Crippen LogP contribution is 2.61. The Hall–Kier alpha value is -1.11. The normalized spacial score (nSPS) is 35.1. The van der Waals surface area contributed by atoms with Crippen LogP contribution in [-0.4, -0.2) is 5.78 Å². The van der Waals surface area contributed by atoms with E-state index in [1.54, 1.807) is 6.92 Å². The molecule has 1 aromatic rings. The van der Waals surface area contributed by atoms with Crippen molar-refractivity contribution >= 4 is 5.78 Å². The number of benzene rings is 1. The van der Waals surface area contributed by atoms with Gasteiger partial charge in [-0.3, -0.25) is 4.79 Å². The van der Waals surface area contributed by atoms with Crippen LogP contribution in [0.4, 0.5) is 0 Å². The maximum Gasteiger partial charge on any atom is 0.133 e. The molecular formula is C15H18O. The molecule has 84 valence electrons. The highest BCUT2D eigenvalue weighted by atomic mass is 16.1. The van der Waals surface area contributed by atoms with Gasteiger partial charge in [0.1, 0.15) is 5.78 Å². The molecule has 2 aliphatic rings. The summed E-state index contributed by atoms with van der Waals surface area (Å²) in [7, 11) is 0. The van der Waals surface area contributed by atoms with E-state index >= 15 is 0 Å². The number of carbonyl (C=O) groups is 1. The van der Waals surface area contributed by atoms with Gasteiger partial charge in [-0.25, -0.2) is 0 Å². The average molecular weight is 214 g/mol. The standard InChI is InChI=1S/C15H18O/c1-3-10-14-8-13(9(2)16)15(10)12-7-5-4-6-11(12)14/h4-7,10,13-15H,3,8H2,1-2H3. The van der Waals surface area contributed by atoms with Crippen LogP contribution in [0.3, 0.4) is 0 Å². The van der Waals surface area contributed by atoms with E-state index in [1.165, 1.54) is 17.5 Å². The van der Waals surface area contributed by atoms with Crippen molar-refractivity contribution in [3.63, 3.8) is 0 Å². The third-order valence-corrected chi connectivity index (χ3v) is 4.67. The number of hydrogen-bond donors (Lipinski definition) is 0. The van der Waals surface area contributed by atoms with Crippen LogP contribution in [0.2, 0.25) is 0 Å². The maximum atomic E-state index is 11.7. The van der Waals surface area contributed by atoms with E-state index in [2.05, 4.69) is 31.2 Å². The molecule has 2 bridgehead atoms. The first-order valence-electron chi connectivity index (χ1n) is 6.33. The molecule has 4 unspecified atom stereocenters. The van der Waals surface area contributed by atoms with Gasteiger partial charge in [-0.15, -0.1) is 0 Å². The van der Waals surface area contributed by atoms with Crippen molar-refractivity contribution in [1.29, 1.82) is 0 Å². The summed E-state index contributed by atoms with van der Waals surface area (Å²) in [6.45, 7) is 4.03. The molecule has 16 heavy (non-hydrogen) atoms. The lowest BCUT2D eigenvalue weighted by Crippen LogP contribution is -2.18. The maximum absolute atomic E-state index is 11.7. The zero-order valence-electron chi connectivity index (χ0n) is 9.94. The number of hydrogen-bond acceptors (Lipinski definition) is 1. The molecule has 0 radical (unpaired) electrons. The summed E-state index contributed by atoms with van der Waals surface area (Å²) in [6.07, 6.45) is 2.29. The minimum Gasteiger partial charge on any atom is -0.300 e. The minimum atomic E-state index is 0.296. The molecule has 1 saturated carbocycles. The van der Waals surface area contributed by atoms with Crippen LogP contribution >= 0.6 is 0 Å². The molecule has 1 fully saturated rings. The van der Waals surface area contributed by atoms with Crippen LogP contribution in [0.5, 0.6) is 0 Å². The Bertz CT molecular complexity index is 435. The zero-order chi connectivity index (χ0) is 11.3. The van der Waals surface area contributed by atoms with Crippen LogP contribution in [0.25, 0.3) is 0 Å². The average Bonchev–Trinajstić information content (AvgIpc) is 2.81. The van der Waals surface area contributed by atoms with Crippen LogP contribution in [-0.2, 0) is 4.79 Å². The Labute approximate surface area is 96.9 Å². The predicted octanol–water partition coefficient (Wildman–Crippen LogP) is 3.50. The Morgan fingerprint density at radius 3 is 2.62 bits per heavy atom. The third-order valence-electron chi connectivity index (χ3n) is 4.67. The summed E-state index contributed by atoms with van der Waals surface area (Å²) < 4.78 is 0. The lowest BCUT2D eigenvalue weighted by atomic mass is 9.81. The Kier molecular flexibility index (Phi) is 2.17. The second-order valence-electron chi connectivity index (χ2n) is 5.29. The summed E-state index contributed by atoms with van der Waals surface area (Å²) in [5.41, 5.74) is 2.99. The summed E-state index contributed by atoms with van der Waals surface area (Å²) in [5, 5.41) is 0. The summed E-state index contributed by atoms with van der Waals surface area (Å²) in [6, 6.07) is 8.75. The minimum absolute atomic E-state index is 0.296. The second-order valence-corrected chi connectivity index (χ2v) is 5.29. The third kappa shape index (κ3) is 1.15. The topological polar surface area (TPSA) is 17.1 Å². The van der Waals surface area contributed by atoms with E-state index in [1.807, 2.05) is 0 Å².